The number of carbonyl (C=O) groups excluding carboxylic acids is 1. The van der Waals surface area contributed by atoms with E-state index in [1.165, 1.54) is 12.2 Å². The summed E-state index contributed by atoms with van der Waals surface area (Å²) in [7, 11) is -2.95. The SMILES string of the molecule is O=C=NC(=Cc1ccccc1)[PH](=O)O. The summed E-state index contributed by atoms with van der Waals surface area (Å²) in [4.78, 5) is 21.9. The average molecular weight is 209 g/mol. The van der Waals surface area contributed by atoms with E-state index in [0.29, 0.717) is 5.56 Å². The van der Waals surface area contributed by atoms with Crippen LogP contribution in [0.1, 0.15) is 5.56 Å². The first-order valence-corrected chi connectivity index (χ1v) is 5.17. The first kappa shape index (κ1) is 10.6. The van der Waals surface area contributed by atoms with Crippen LogP contribution in [0.3, 0.4) is 0 Å². The van der Waals surface area contributed by atoms with E-state index in [0.717, 1.165) is 0 Å². The zero-order valence-corrected chi connectivity index (χ0v) is 8.18. The highest BCUT2D eigenvalue weighted by Crippen LogP contribution is 2.29. The molecule has 1 aromatic carbocycles. The molecule has 0 spiro atoms. The zero-order valence-electron chi connectivity index (χ0n) is 7.18. The van der Waals surface area contributed by atoms with Crippen molar-refractivity contribution in [3.05, 3.63) is 41.3 Å². The summed E-state index contributed by atoms with van der Waals surface area (Å²) in [6.45, 7) is 0. The molecule has 0 fully saturated rings. The van der Waals surface area contributed by atoms with Crippen LogP contribution in [0.25, 0.3) is 6.08 Å². The van der Waals surface area contributed by atoms with E-state index in [4.69, 9.17) is 4.89 Å². The topological polar surface area (TPSA) is 66.7 Å². The fourth-order valence-electron chi connectivity index (χ4n) is 0.898. The van der Waals surface area contributed by atoms with Crippen LogP contribution in [0.4, 0.5) is 0 Å². The maximum atomic E-state index is 10.7. The third kappa shape index (κ3) is 3.11. The second-order valence-corrected chi connectivity index (χ2v) is 3.57. The smallest absolute Gasteiger partial charge is 0.240 e. The number of isocyanates is 1. The molecule has 0 radical (unpaired) electrons. The molecular weight excluding hydrogens is 201 g/mol. The molecule has 1 N–H and O–H groups in total. The molecule has 0 amide bonds. The van der Waals surface area contributed by atoms with E-state index in [2.05, 4.69) is 4.99 Å². The Bertz CT molecular complexity index is 403. The molecule has 0 saturated carbocycles. The Morgan fingerprint density at radius 3 is 2.57 bits per heavy atom. The van der Waals surface area contributed by atoms with Crippen LogP contribution in [-0.4, -0.2) is 11.0 Å². The highest BCUT2D eigenvalue weighted by molar-refractivity contribution is 7.43. The Morgan fingerprint density at radius 1 is 1.43 bits per heavy atom. The van der Waals surface area contributed by atoms with Gasteiger partial charge in [0.2, 0.25) is 14.1 Å². The predicted molar refractivity (Wildman–Crippen MR) is 53.8 cm³/mol. The van der Waals surface area contributed by atoms with Gasteiger partial charge in [0.15, 0.2) is 0 Å². The van der Waals surface area contributed by atoms with Gasteiger partial charge in [0.25, 0.3) is 0 Å². The van der Waals surface area contributed by atoms with Gasteiger partial charge in [0.05, 0.1) is 0 Å². The van der Waals surface area contributed by atoms with Gasteiger partial charge in [-0.05, 0) is 11.6 Å². The summed E-state index contributed by atoms with van der Waals surface area (Å²) in [6.07, 6.45) is 2.62. The van der Waals surface area contributed by atoms with Gasteiger partial charge in [0.1, 0.15) is 5.44 Å². The molecule has 0 aliphatic carbocycles. The molecule has 1 rings (SSSR count). The molecule has 1 unspecified atom stereocenters. The van der Waals surface area contributed by atoms with Gasteiger partial charge in [-0.15, -0.1) is 0 Å². The van der Waals surface area contributed by atoms with E-state index in [1.807, 2.05) is 6.07 Å². The summed E-state index contributed by atoms with van der Waals surface area (Å²) in [6, 6.07) is 8.86. The monoisotopic (exact) mass is 209 g/mol. The maximum absolute atomic E-state index is 10.7. The first-order valence-electron chi connectivity index (χ1n) is 3.82. The predicted octanol–water partition coefficient (Wildman–Crippen LogP) is 1.79. The van der Waals surface area contributed by atoms with Crippen LogP contribution in [0.2, 0.25) is 0 Å². The van der Waals surface area contributed by atoms with Crippen molar-refractivity contribution in [1.29, 1.82) is 0 Å². The Morgan fingerprint density at radius 2 is 2.07 bits per heavy atom. The molecule has 0 heterocycles. The molecule has 0 aliphatic rings. The van der Waals surface area contributed by atoms with Crippen molar-refractivity contribution in [1.82, 2.24) is 0 Å². The number of rotatable bonds is 3. The molecular formula is C9H8NO3P. The van der Waals surface area contributed by atoms with Gasteiger partial charge in [-0.2, -0.15) is 4.99 Å². The number of hydrogen-bond acceptors (Lipinski definition) is 3. The largest absolute Gasteiger partial charge is 0.342 e. The molecule has 0 saturated heterocycles. The first-order chi connectivity index (χ1) is 6.74. The minimum absolute atomic E-state index is 0.142. The van der Waals surface area contributed by atoms with Crippen LogP contribution in [0.15, 0.2) is 40.8 Å². The standard InChI is InChI=1S/C9H8NO3P/c11-7-10-9(14(12)13)6-8-4-2-1-3-5-8/h1-6,14H,(H,12,13). The second-order valence-electron chi connectivity index (χ2n) is 2.45. The van der Waals surface area contributed by atoms with Gasteiger partial charge in [-0.25, -0.2) is 4.79 Å². The number of hydrogen-bond donors (Lipinski definition) is 1. The summed E-state index contributed by atoms with van der Waals surface area (Å²) < 4.78 is 10.7. The van der Waals surface area contributed by atoms with Crippen molar-refractivity contribution in [2.75, 3.05) is 0 Å². The van der Waals surface area contributed by atoms with Crippen molar-refractivity contribution in [3.63, 3.8) is 0 Å². The normalized spacial score (nSPS) is 13.1. The second kappa shape index (κ2) is 5.30. The summed E-state index contributed by atoms with van der Waals surface area (Å²) in [5, 5.41) is 0. The molecule has 1 atom stereocenters. The molecule has 14 heavy (non-hydrogen) atoms. The van der Waals surface area contributed by atoms with Crippen molar-refractivity contribution >= 4 is 20.2 Å². The Balaban J connectivity index is 3.05. The van der Waals surface area contributed by atoms with E-state index in [9.17, 15) is 9.36 Å². The summed E-state index contributed by atoms with van der Waals surface area (Å²) >= 11 is 0. The Hall–Kier alpha value is -1.47. The average Bonchev–Trinajstić information content (AvgIpc) is 2.18. The highest BCUT2D eigenvalue weighted by atomic mass is 31.1. The molecule has 0 aromatic heterocycles. The lowest BCUT2D eigenvalue weighted by Gasteiger charge is -1.94. The van der Waals surface area contributed by atoms with Crippen molar-refractivity contribution in [2.45, 2.75) is 0 Å². The zero-order chi connectivity index (χ0) is 10.4. The van der Waals surface area contributed by atoms with Gasteiger partial charge < -0.3 is 4.89 Å². The minimum Gasteiger partial charge on any atom is -0.342 e. The van der Waals surface area contributed by atoms with Gasteiger partial charge in [-0.3, -0.25) is 4.57 Å². The van der Waals surface area contributed by atoms with Crippen LogP contribution < -0.4 is 0 Å². The van der Waals surface area contributed by atoms with Crippen LogP contribution in [0, 0.1) is 0 Å². The van der Waals surface area contributed by atoms with Gasteiger partial charge in [0, 0.05) is 0 Å². The highest BCUT2D eigenvalue weighted by Gasteiger charge is 2.01. The maximum Gasteiger partial charge on any atom is 0.240 e. The van der Waals surface area contributed by atoms with Crippen molar-refractivity contribution < 1.29 is 14.3 Å². The third-order valence-electron chi connectivity index (χ3n) is 1.49. The van der Waals surface area contributed by atoms with E-state index in [-0.39, 0.29) is 5.44 Å². The quantitative estimate of drug-likeness (QED) is 0.468. The van der Waals surface area contributed by atoms with Gasteiger partial charge >= 0.3 is 0 Å². The van der Waals surface area contributed by atoms with Crippen molar-refractivity contribution in [3.8, 4) is 0 Å². The van der Waals surface area contributed by atoms with Crippen LogP contribution >= 0.6 is 8.03 Å². The van der Waals surface area contributed by atoms with E-state index in [1.54, 1.807) is 24.3 Å². The van der Waals surface area contributed by atoms with Crippen LogP contribution in [0.5, 0.6) is 0 Å². The minimum atomic E-state index is -2.95. The van der Waals surface area contributed by atoms with Crippen molar-refractivity contribution in [2.24, 2.45) is 4.99 Å². The molecule has 72 valence electrons. The van der Waals surface area contributed by atoms with Crippen LogP contribution in [-0.2, 0) is 9.36 Å². The van der Waals surface area contributed by atoms with Gasteiger partial charge in [-0.1, -0.05) is 30.3 Å². The number of aliphatic imine (C=N–C) groups is 1. The molecule has 0 bridgehead atoms. The molecule has 1 aromatic rings. The lowest BCUT2D eigenvalue weighted by atomic mass is 10.2. The lowest BCUT2D eigenvalue weighted by Crippen LogP contribution is -1.73. The summed E-state index contributed by atoms with van der Waals surface area (Å²) in [5.41, 5.74) is 0.574. The number of nitrogens with zero attached hydrogens (tertiary/aromatic N) is 1. The molecule has 0 aliphatic heterocycles. The fraction of sp³-hybridized carbons (Fsp3) is 0. The Labute approximate surface area is 81.5 Å². The Kier molecular flexibility index (Phi) is 4.02. The molecule has 5 heteroatoms. The summed E-state index contributed by atoms with van der Waals surface area (Å²) in [5.74, 6) is 0. The number of benzene rings is 1. The third-order valence-corrected chi connectivity index (χ3v) is 2.18. The fourth-order valence-corrected chi connectivity index (χ4v) is 1.33. The van der Waals surface area contributed by atoms with E-state index >= 15 is 0 Å². The molecule has 4 nitrogen and oxygen atoms in total. The lowest BCUT2D eigenvalue weighted by molar-refractivity contribution is 0.509. The van der Waals surface area contributed by atoms with E-state index < -0.39 is 8.03 Å².